The average Bonchev–Trinajstić information content (AvgIpc) is 2.88. The monoisotopic (exact) mass is 416 g/mol. The summed E-state index contributed by atoms with van der Waals surface area (Å²) in [7, 11) is 0. The van der Waals surface area contributed by atoms with E-state index in [9.17, 15) is 19.8 Å². The van der Waals surface area contributed by atoms with Crippen LogP contribution in [0.25, 0.3) is 0 Å². The fourth-order valence-electron chi connectivity index (χ4n) is 7.49. The summed E-state index contributed by atoms with van der Waals surface area (Å²) in [4.78, 5) is 25.2. The van der Waals surface area contributed by atoms with Crippen LogP contribution < -0.4 is 0 Å². The number of aliphatic hydroxyl groups excluding tert-OH is 1. The molecule has 0 aromatic carbocycles. The first kappa shape index (κ1) is 21.9. The van der Waals surface area contributed by atoms with Crippen LogP contribution in [0.4, 0.5) is 0 Å². The summed E-state index contributed by atoms with van der Waals surface area (Å²) in [5, 5.41) is 23.2. The topological polar surface area (TPSA) is 83.8 Å². The molecule has 5 heteroatoms. The van der Waals surface area contributed by atoms with Crippen LogP contribution in [0.5, 0.6) is 0 Å². The van der Waals surface area contributed by atoms with Crippen molar-refractivity contribution >= 4 is 11.6 Å². The zero-order valence-electron chi connectivity index (χ0n) is 18.8. The van der Waals surface area contributed by atoms with Crippen LogP contribution in [-0.2, 0) is 14.3 Å². The van der Waals surface area contributed by atoms with Gasteiger partial charge in [0.1, 0.15) is 12.2 Å². The predicted molar refractivity (Wildman–Crippen MR) is 114 cm³/mol. The van der Waals surface area contributed by atoms with Gasteiger partial charge in [-0.25, -0.2) is 0 Å². The third-order valence-corrected chi connectivity index (χ3v) is 8.84. The molecule has 0 aliphatic heterocycles. The van der Waals surface area contributed by atoms with Gasteiger partial charge in [-0.05, 0) is 74.9 Å². The molecule has 0 aromatic rings. The summed E-state index contributed by atoms with van der Waals surface area (Å²) in [5.74, 6) is 0.314. The quantitative estimate of drug-likeness (QED) is 0.736. The summed E-state index contributed by atoms with van der Waals surface area (Å²) in [6.07, 6.45) is 6.71. The molecule has 3 fully saturated rings. The highest BCUT2D eigenvalue weighted by Crippen LogP contribution is 2.66. The Morgan fingerprint density at radius 2 is 2.00 bits per heavy atom. The fourth-order valence-corrected chi connectivity index (χ4v) is 7.49. The van der Waals surface area contributed by atoms with E-state index in [4.69, 9.17) is 4.74 Å². The molecular weight excluding hydrogens is 380 g/mol. The van der Waals surface area contributed by atoms with Crippen LogP contribution in [0.2, 0.25) is 0 Å². The lowest BCUT2D eigenvalue weighted by atomic mass is 9.48. The van der Waals surface area contributed by atoms with E-state index >= 15 is 0 Å². The molecule has 166 valence electrons. The number of rotatable bonds is 4. The fraction of sp³-hybridized carbons (Fsp3) is 0.760. The van der Waals surface area contributed by atoms with E-state index < -0.39 is 17.1 Å². The number of allylic oxidation sites excluding steroid dienone is 4. The highest BCUT2D eigenvalue weighted by atomic mass is 16.5. The van der Waals surface area contributed by atoms with Crippen molar-refractivity contribution in [3.63, 3.8) is 0 Å². The van der Waals surface area contributed by atoms with E-state index in [1.165, 1.54) is 0 Å². The number of hydrogen-bond donors (Lipinski definition) is 2. The molecular formula is C25H36O5. The molecule has 0 aromatic heterocycles. The molecule has 30 heavy (non-hydrogen) atoms. The largest absolute Gasteiger partial charge is 0.393 e. The van der Waals surface area contributed by atoms with E-state index in [0.717, 1.165) is 18.4 Å². The first-order valence-electron chi connectivity index (χ1n) is 11.5. The minimum atomic E-state index is -1.49. The SMILES string of the molecule is CC(C)OCC(=O)[C@@]1(O)[C@H](C)C[C@H]2[C@@H]3C[C@H](C)C4=CC(=O)C=C[C@@H]4[C@H]3[C@@H](O)C[C@@]21C. The zero-order chi connectivity index (χ0) is 22.0. The lowest BCUT2D eigenvalue weighted by Crippen LogP contribution is -2.62. The van der Waals surface area contributed by atoms with Crippen LogP contribution in [0, 0.1) is 40.9 Å². The molecule has 0 amide bonds. The molecule has 4 rings (SSSR count). The van der Waals surface area contributed by atoms with Gasteiger partial charge in [0.25, 0.3) is 0 Å². The van der Waals surface area contributed by atoms with Crippen molar-refractivity contribution in [2.45, 2.75) is 71.7 Å². The highest BCUT2D eigenvalue weighted by molar-refractivity contribution is 6.01. The Morgan fingerprint density at radius 3 is 2.67 bits per heavy atom. The molecule has 3 saturated carbocycles. The van der Waals surface area contributed by atoms with Gasteiger partial charge in [0.2, 0.25) is 0 Å². The normalized spacial score (nSPS) is 47.5. The third kappa shape index (κ3) is 3.00. The second kappa shape index (κ2) is 7.39. The summed E-state index contributed by atoms with van der Waals surface area (Å²) < 4.78 is 5.56. The second-order valence-electron chi connectivity index (χ2n) is 10.8. The summed E-state index contributed by atoms with van der Waals surface area (Å²) >= 11 is 0. The molecule has 0 heterocycles. The summed E-state index contributed by atoms with van der Waals surface area (Å²) in [5.41, 5.74) is -1.04. The number of aliphatic hydroxyl groups is 2. The smallest absolute Gasteiger partial charge is 0.190 e. The predicted octanol–water partition coefficient (Wildman–Crippen LogP) is 3.09. The minimum absolute atomic E-state index is 0.0290. The van der Waals surface area contributed by atoms with Crippen molar-refractivity contribution in [3.8, 4) is 0 Å². The first-order valence-corrected chi connectivity index (χ1v) is 11.5. The number of carbonyl (C=O) groups is 2. The van der Waals surface area contributed by atoms with E-state index in [0.29, 0.717) is 6.42 Å². The van der Waals surface area contributed by atoms with Gasteiger partial charge in [-0.3, -0.25) is 9.59 Å². The minimum Gasteiger partial charge on any atom is -0.393 e. The van der Waals surface area contributed by atoms with E-state index in [1.54, 1.807) is 12.2 Å². The molecule has 0 saturated heterocycles. The van der Waals surface area contributed by atoms with Gasteiger partial charge < -0.3 is 14.9 Å². The number of Topliss-reactive ketones (excluding diaryl/α,β-unsaturated/α-hetero) is 1. The van der Waals surface area contributed by atoms with Crippen molar-refractivity contribution < 1.29 is 24.5 Å². The van der Waals surface area contributed by atoms with E-state index in [1.807, 2.05) is 33.8 Å². The molecule has 0 spiro atoms. The first-order chi connectivity index (χ1) is 14.0. The number of ketones is 2. The van der Waals surface area contributed by atoms with Crippen molar-refractivity contribution in [1.82, 2.24) is 0 Å². The average molecular weight is 417 g/mol. The molecule has 5 nitrogen and oxygen atoms in total. The summed E-state index contributed by atoms with van der Waals surface area (Å²) in [6, 6.07) is 0. The van der Waals surface area contributed by atoms with Crippen molar-refractivity contribution in [3.05, 3.63) is 23.8 Å². The van der Waals surface area contributed by atoms with Gasteiger partial charge in [0, 0.05) is 11.3 Å². The third-order valence-electron chi connectivity index (χ3n) is 8.84. The van der Waals surface area contributed by atoms with E-state index in [2.05, 4.69) is 6.92 Å². The maximum Gasteiger partial charge on any atom is 0.190 e. The van der Waals surface area contributed by atoms with Gasteiger partial charge in [-0.15, -0.1) is 0 Å². The van der Waals surface area contributed by atoms with Gasteiger partial charge in [0.05, 0.1) is 12.2 Å². The lowest BCUT2D eigenvalue weighted by Gasteiger charge is -2.57. The Hall–Kier alpha value is -1.30. The van der Waals surface area contributed by atoms with Crippen LogP contribution >= 0.6 is 0 Å². The Labute approximate surface area is 179 Å². The molecule has 0 unspecified atom stereocenters. The zero-order valence-corrected chi connectivity index (χ0v) is 18.8. The van der Waals surface area contributed by atoms with Gasteiger partial charge in [-0.2, -0.15) is 0 Å². The molecule has 4 aliphatic carbocycles. The van der Waals surface area contributed by atoms with Crippen molar-refractivity contribution in [2.75, 3.05) is 6.61 Å². The Kier molecular flexibility index (Phi) is 5.40. The van der Waals surface area contributed by atoms with Crippen molar-refractivity contribution in [2.24, 2.45) is 40.9 Å². The highest BCUT2D eigenvalue weighted by Gasteiger charge is 2.69. The number of fused-ring (bicyclic) bond motifs is 5. The number of hydrogen-bond acceptors (Lipinski definition) is 5. The Bertz CT molecular complexity index is 797. The van der Waals surface area contributed by atoms with Gasteiger partial charge in [0.15, 0.2) is 11.6 Å². The Morgan fingerprint density at radius 1 is 1.30 bits per heavy atom. The van der Waals surface area contributed by atoms with E-state index in [-0.39, 0.29) is 59.8 Å². The van der Waals surface area contributed by atoms with Gasteiger partial charge >= 0.3 is 0 Å². The van der Waals surface area contributed by atoms with Crippen LogP contribution in [-0.4, -0.2) is 46.2 Å². The molecule has 0 bridgehead atoms. The second-order valence-corrected chi connectivity index (χ2v) is 10.8. The van der Waals surface area contributed by atoms with Crippen molar-refractivity contribution in [1.29, 1.82) is 0 Å². The molecule has 2 N–H and O–H groups in total. The maximum absolute atomic E-state index is 13.2. The lowest BCUT2D eigenvalue weighted by molar-refractivity contribution is -0.182. The van der Waals surface area contributed by atoms with Crippen LogP contribution in [0.15, 0.2) is 23.8 Å². The number of ether oxygens (including phenoxy) is 1. The summed E-state index contributed by atoms with van der Waals surface area (Å²) in [6.45, 7) is 9.80. The molecule has 0 radical (unpaired) electrons. The van der Waals surface area contributed by atoms with Crippen LogP contribution in [0.3, 0.4) is 0 Å². The van der Waals surface area contributed by atoms with Gasteiger partial charge in [-0.1, -0.05) is 32.4 Å². The number of carbonyl (C=O) groups excluding carboxylic acids is 2. The van der Waals surface area contributed by atoms with Crippen LogP contribution in [0.1, 0.15) is 53.9 Å². The Balaban J connectivity index is 1.69. The maximum atomic E-state index is 13.2. The standard InChI is InChI=1S/C25H36O5/c1-13(2)30-12-22(28)25(29)15(4)9-20-19-8-14(3)18-10-16(26)6-7-17(18)23(19)21(27)11-24(20,25)5/h6-7,10,13-15,17,19-21,23,27,29H,8-9,11-12H2,1-5H3/t14-,15+,17-,19-,20-,21-,23+,24-,25-/m0/s1. The molecule has 4 aliphatic rings. The molecule has 9 atom stereocenters.